The fraction of sp³-hybridized carbons (Fsp3) is 0.296. The van der Waals surface area contributed by atoms with Crippen molar-refractivity contribution in [3.05, 3.63) is 95.6 Å². The summed E-state index contributed by atoms with van der Waals surface area (Å²) in [6, 6.07) is 24.4. The molecular formula is C27H29N3O3S. The maximum atomic E-state index is 13.1. The maximum Gasteiger partial charge on any atom is 0.253 e. The van der Waals surface area contributed by atoms with Crippen molar-refractivity contribution in [2.24, 2.45) is 0 Å². The molecule has 1 unspecified atom stereocenters. The number of hydrogen-bond donors (Lipinski definition) is 1. The highest BCUT2D eigenvalue weighted by Gasteiger charge is 2.31. The van der Waals surface area contributed by atoms with Gasteiger partial charge in [0.25, 0.3) is 5.91 Å². The minimum atomic E-state index is -3.67. The molecule has 0 radical (unpaired) electrons. The molecule has 1 atom stereocenters. The second-order valence-electron chi connectivity index (χ2n) is 8.95. The van der Waals surface area contributed by atoms with Gasteiger partial charge in [0.2, 0.25) is 10.0 Å². The summed E-state index contributed by atoms with van der Waals surface area (Å²) in [5, 5.41) is 0. The number of fused-ring (bicyclic) bond motifs is 1. The Morgan fingerprint density at radius 3 is 2.29 bits per heavy atom. The quantitative estimate of drug-likeness (QED) is 0.581. The molecule has 0 aromatic heterocycles. The number of aryl methyl sites for hydroxylation is 1. The number of rotatable bonds is 6. The highest BCUT2D eigenvalue weighted by Crippen LogP contribution is 2.33. The standard InChI is InChI=1S/C27H29N3O3S/c31-27(29-17-7-8-18-29)23-13-15-25-22(19-23)14-16-26(30(25)20-21-9-3-1-4-10-21)28-34(32,33)24-11-5-2-6-12-24/h1-6,9-13,15,19,26,28H,7-8,14,16-18,20H2. The van der Waals surface area contributed by atoms with E-state index in [1.54, 1.807) is 30.3 Å². The van der Waals surface area contributed by atoms with Crippen LogP contribution in [0.5, 0.6) is 0 Å². The summed E-state index contributed by atoms with van der Waals surface area (Å²) >= 11 is 0. The molecule has 1 N–H and O–H groups in total. The van der Waals surface area contributed by atoms with Crippen molar-refractivity contribution >= 4 is 21.6 Å². The Morgan fingerprint density at radius 1 is 0.912 bits per heavy atom. The minimum Gasteiger partial charge on any atom is -0.350 e. The largest absolute Gasteiger partial charge is 0.350 e. The van der Waals surface area contributed by atoms with Crippen LogP contribution in [0, 0.1) is 0 Å². The second kappa shape index (κ2) is 9.60. The number of sulfonamides is 1. The van der Waals surface area contributed by atoms with Gasteiger partial charge >= 0.3 is 0 Å². The molecule has 0 spiro atoms. The zero-order valence-electron chi connectivity index (χ0n) is 19.1. The third-order valence-electron chi connectivity index (χ3n) is 6.63. The smallest absolute Gasteiger partial charge is 0.253 e. The Hall–Kier alpha value is -3.16. The van der Waals surface area contributed by atoms with Gasteiger partial charge in [0.15, 0.2) is 0 Å². The molecule has 34 heavy (non-hydrogen) atoms. The van der Waals surface area contributed by atoms with Crippen molar-refractivity contribution < 1.29 is 13.2 Å². The van der Waals surface area contributed by atoms with Crippen LogP contribution in [0.2, 0.25) is 0 Å². The molecule has 3 aromatic rings. The lowest BCUT2D eigenvalue weighted by atomic mass is 9.96. The Labute approximate surface area is 201 Å². The van der Waals surface area contributed by atoms with Crippen LogP contribution in [0.1, 0.15) is 40.7 Å². The number of anilines is 1. The summed E-state index contributed by atoms with van der Waals surface area (Å²) in [5.74, 6) is 0.0850. The Morgan fingerprint density at radius 2 is 1.59 bits per heavy atom. The second-order valence-corrected chi connectivity index (χ2v) is 10.7. The first-order valence-corrected chi connectivity index (χ1v) is 13.3. The number of likely N-dealkylation sites (tertiary alicyclic amines) is 1. The first-order chi connectivity index (χ1) is 16.5. The van der Waals surface area contributed by atoms with E-state index in [2.05, 4.69) is 9.62 Å². The van der Waals surface area contributed by atoms with E-state index in [9.17, 15) is 13.2 Å². The molecule has 1 amide bonds. The summed E-state index contributed by atoms with van der Waals surface area (Å²) in [6.07, 6.45) is 3.05. The molecule has 0 saturated carbocycles. The van der Waals surface area contributed by atoms with Gasteiger partial charge in [0.1, 0.15) is 0 Å². The molecule has 0 aliphatic carbocycles. The molecule has 2 heterocycles. The van der Waals surface area contributed by atoms with Crippen molar-refractivity contribution in [2.45, 2.75) is 43.3 Å². The molecule has 2 aliphatic heterocycles. The Balaban J connectivity index is 1.46. The van der Waals surface area contributed by atoms with E-state index in [-0.39, 0.29) is 10.8 Å². The summed E-state index contributed by atoms with van der Waals surface area (Å²) in [6.45, 7) is 2.20. The van der Waals surface area contributed by atoms with Crippen LogP contribution >= 0.6 is 0 Å². The predicted octanol–water partition coefficient (Wildman–Crippen LogP) is 4.18. The number of carbonyl (C=O) groups is 1. The van der Waals surface area contributed by atoms with E-state index in [0.29, 0.717) is 24.9 Å². The maximum absolute atomic E-state index is 13.1. The van der Waals surface area contributed by atoms with Crippen LogP contribution in [0.4, 0.5) is 5.69 Å². The van der Waals surface area contributed by atoms with E-state index < -0.39 is 16.2 Å². The fourth-order valence-corrected chi connectivity index (χ4v) is 6.12. The van der Waals surface area contributed by atoms with Crippen LogP contribution in [0.25, 0.3) is 0 Å². The summed E-state index contributed by atoms with van der Waals surface area (Å²) in [4.78, 5) is 17.2. The average molecular weight is 476 g/mol. The third kappa shape index (κ3) is 4.72. The summed E-state index contributed by atoms with van der Waals surface area (Å²) < 4.78 is 29.2. The van der Waals surface area contributed by atoms with Gasteiger partial charge in [-0.1, -0.05) is 48.5 Å². The van der Waals surface area contributed by atoms with Crippen LogP contribution in [-0.4, -0.2) is 38.5 Å². The highest BCUT2D eigenvalue weighted by atomic mass is 32.2. The lowest BCUT2D eigenvalue weighted by Gasteiger charge is -2.39. The summed E-state index contributed by atoms with van der Waals surface area (Å²) in [7, 11) is -3.67. The molecule has 7 heteroatoms. The van der Waals surface area contributed by atoms with Gasteiger partial charge < -0.3 is 9.80 Å². The molecule has 3 aromatic carbocycles. The molecular weight excluding hydrogens is 446 g/mol. The number of nitrogens with one attached hydrogen (secondary N) is 1. The van der Waals surface area contributed by atoms with Crippen molar-refractivity contribution in [2.75, 3.05) is 18.0 Å². The van der Waals surface area contributed by atoms with Gasteiger partial charge in [-0.05, 0) is 67.1 Å². The monoisotopic (exact) mass is 475 g/mol. The molecule has 5 rings (SSSR count). The first-order valence-electron chi connectivity index (χ1n) is 11.8. The fourth-order valence-electron chi connectivity index (χ4n) is 4.86. The van der Waals surface area contributed by atoms with E-state index in [0.717, 1.165) is 42.7 Å². The number of benzene rings is 3. The number of amides is 1. The van der Waals surface area contributed by atoms with Crippen molar-refractivity contribution in [3.63, 3.8) is 0 Å². The van der Waals surface area contributed by atoms with Crippen molar-refractivity contribution in [3.8, 4) is 0 Å². The number of carbonyl (C=O) groups excluding carboxylic acids is 1. The zero-order valence-corrected chi connectivity index (χ0v) is 19.9. The normalized spacial score (nSPS) is 18.1. The molecule has 0 bridgehead atoms. The van der Waals surface area contributed by atoms with Crippen molar-refractivity contribution in [1.29, 1.82) is 0 Å². The summed E-state index contributed by atoms with van der Waals surface area (Å²) in [5.41, 5.74) is 3.85. The van der Waals surface area contributed by atoms with Crippen LogP contribution in [-0.2, 0) is 23.0 Å². The SMILES string of the molecule is O=C(c1ccc2c(c1)CCC(NS(=O)(=O)c1ccccc1)N2Cc1ccccc1)N1CCCC1. The number of nitrogens with zero attached hydrogens (tertiary/aromatic N) is 2. The van der Waals surface area contributed by atoms with Crippen LogP contribution in [0.3, 0.4) is 0 Å². The Kier molecular flexibility index (Phi) is 6.39. The van der Waals surface area contributed by atoms with Crippen molar-refractivity contribution in [1.82, 2.24) is 9.62 Å². The number of hydrogen-bond acceptors (Lipinski definition) is 4. The minimum absolute atomic E-state index is 0.0850. The Bertz CT molecular complexity index is 1260. The highest BCUT2D eigenvalue weighted by molar-refractivity contribution is 7.89. The molecule has 1 fully saturated rings. The van der Waals surface area contributed by atoms with E-state index in [1.807, 2.05) is 53.4 Å². The van der Waals surface area contributed by atoms with Crippen LogP contribution < -0.4 is 9.62 Å². The third-order valence-corrected chi connectivity index (χ3v) is 8.11. The molecule has 1 saturated heterocycles. The van der Waals surface area contributed by atoms with Gasteiger partial charge in [-0.15, -0.1) is 0 Å². The van der Waals surface area contributed by atoms with Crippen LogP contribution in [0.15, 0.2) is 83.8 Å². The van der Waals surface area contributed by atoms with E-state index >= 15 is 0 Å². The van der Waals surface area contributed by atoms with Gasteiger partial charge in [-0.3, -0.25) is 4.79 Å². The van der Waals surface area contributed by atoms with E-state index in [4.69, 9.17) is 0 Å². The van der Waals surface area contributed by atoms with Gasteiger partial charge in [-0.25, -0.2) is 8.42 Å². The zero-order chi connectivity index (χ0) is 23.5. The average Bonchev–Trinajstić information content (AvgIpc) is 3.41. The molecule has 2 aliphatic rings. The molecule has 6 nitrogen and oxygen atoms in total. The predicted molar refractivity (Wildman–Crippen MR) is 133 cm³/mol. The van der Waals surface area contributed by atoms with E-state index in [1.165, 1.54) is 0 Å². The van der Waals surface area contributed by atoms with Gasteiger partial charge in [0.05, 0.1) is 11.1 Å². The topological polar surface area (TPSA) is 69.7 Å². The van der Waals surface area contributed by atoms with Gasteiger partial charge in [-0.2, -0.15) is 4.72 Å². The lowest BCUT2D eigenvalue weighted by molar-refractivity contribution is 0.0792. The molecule has 176 valence electrons. The van der Waals surface area contributed by atoms with Gasteiger partial charge in [0, 0.05) is 30.9 Å². The first kappa shape index (κ1) is 22.6. The lowest BCUT2D eigenvalue weighted by Crippen LogP contribution is -2.50.